The summed E-state index contributed by atoms with van der Waals surface area (Å²) >= 11 is 0. The Labute approximate surface area is 144 Å². The molecule has 0 aromatic carbocycles. The van der Waals surface area contributed by atoms with E-state index in [9.17, 15) is 13.2 Å². The molecule has 3 atom stereocenters. The summed E-state index contributed by atoms with van der Waals surface area (Å²) in [7, 11) is -3.27. The summed E-state index contributed by atoms with van der Waals surface area (Å²) < 4.78 is 32.2. The Kier molecular flexibility index (Phi) is 6.12. The highest BCUT2D eigenvalue weighted by Crippen LogP contribution is 2.22. The van der Waals surface area contributed by atoms with E-state index in [0.717, 1.165) is 45.1 Å². The molecule has 0 spiro atoms. The van der Waals surface area contributed by atoms with E-state index < -0.39 is 10.0 Å². The lowest BCUT2D eigenvalue weighted by Crippen LogP contribution is -2.47. The Balaban J connectivity index is 1.47. The fourth-order valence-corrected chi connectivity index (χ4v) is 5.63. The quantitative estimate of drug-likeness (QED) is 0.701. The van der Waals surface area contributed by atoms with Gasteiger partial charge in [-0.05, 0) is 51.0 Å². The van der Waals surface area contributed by atoms with E-state index in [1.807, 2.05) is 0 Å². The van der Waals surface area contributed by atoms with Crippen LogP contribution in [0, 0.1) is 5.92 Å². The molecule has 0 radical (unpaired) electrons. The van der Waals surface area contributed by atoms with E-state index in [0.29, 0.717) is 26.2 Å². The summed E-state index contributed by atoms with van der Waals surface area (Å²) in [5.41, 5.74) is 0. The first-order valence-electron chi connectivity index (χ1n) is 9.15. The number of rotatable bonds is 6. The fourth-order valence-electron chi connectivity index (χ4n) is 3.84. The lowest BCUT2D eigenvalue weighted by atomic mass is 9.99. The Hall–Kier alpha value is -0.700. The summed E-state index contributed by atoms with van der Waals surface area (Å²) in [6.45, 7) is 3.22. The Morgan fingerprint density at radius 1 is 1.21 bits per heavy atom. The average molecular weight is 359 g/mol. The normalized spacial score (nSPS) is 32.1. The number of nitrogens with zero attached hydrogens (tertiary/aromatic N) is 1. The third kappa shape index (κ3) is 4.68. The lowest BCUT2D eigenvalue weighted by molar-refractivity contribution is -0.123. The van der Waals surface area contributed by atoms with Gasteiger partial charge in [-0.15, -0.1) is 0 Å². The van der Waals surface area contributed by atoms with Gasteiger partial charge in [0.15, 0.2) is 0 Å². The van der Waals surface area contributed by atoms with Crippen molar-refractivity contribution in [3.63, 3.8) is 0 Å². The van der Waals surface area contributed by atoms with Crippen LogP contribution in [-0.2, 0) is 19.6 Å². The molecule has 2 N–H and O–H groups in total. The maximum absolute atomic E-state index is 12.6. The number of piperidine rings is 1. The van der Waals surface area contributed by atoms with Gasteiger partial charge in [0, 0.05) is 26.2 Å². The number of amides is 1. The van der Waals surface area contributed by atoms with Gasteiger partial charge >= 0.3 is 0 Å². The van der Waals surface area contributed by atoms with Gasteiger partial charge in [0.25, 0.3) is 0 Å². The third-order valence-corrected chi connectivity index (χ3v) is 7.15. The summed E-state index contributed by atoms with van der Waals surface area (Å²) in [6.07, 6.45) is 5.38. The van der Waals surface area contributed by atoms with Crippen LogP contribution in [0.5, 0.6) is 0 Å². The predicted octanol–water partition coefficient (Wildman–Crippen LogP) is 0.0754. The minimum Gasteiger partial charge on any atom is -0.377 e. The first kappa shape index (κ1) is 18.1. The first-order chi connectivity index (χ1) is 11.5. The highest BCUT2D eigenvalue weighted by Gasteiger charge is 2.32. The second-order valence-corrected chi connectivity index (χ2v) is 9.19. The molecular weight excluding hydrogens is 330 g/mol. The van der Waals surface area contributed by atoms with Crippen molar-refractivity contribution in [2.24, 2.45) is 5.92 Å². The molecule has 0 saturated carbocycles. The Morgan fingerprint density at radius 2 is 2.08 bits per heavy atom. The highest BCUT2D eigenvalue weighted by molar-refractivity contribution is 7.89. The van der Waals surface area contributed by atoms with Crippen LogP contribution in [0.15, 0.2) is 0 Å². The standard InChI is InChI=1S/C16H29N3O4S/c20-16(15-6-1-7-17-15)18-10-13-4-2-8-19(11-13)24(21,22)12-14-5-3-9-23-14/h13-15,17H,1-12H2,(H,18,20). The van der Waals surface area contributed by atoms with Gasteiger partial charge in [-0.1, -0.05) is 0 Å². The van der Waals surface area contributed by atoms with Crippen molar-refractivity contribution in [3.8, 4) is 0 Å². The molecule has 24 heavy (non-hydrogen) atoms. The second kappa shape index (κ2) is 8.12. The Morgan fingerprint density at radius 3 is 2.79 bits per heavy atom. The van der Waals surface area contributed by atoms with Gasteiger partial charge in [-0.2, -0.15) is 0 Å². The van der Waals surface area contributed by atoms with Crippen LogP contribution in [0.3, 0.4) is 0 Å². The van der Waals surface area contributed by atoms with Crippen molar-refractivity contribution in [1.29, 1.82) is 0 Å². The number of carbonyl (C=O) groups is 1. The summed E-state index contributed by atoms with van der Waals surface area (Å²) in [5.74, 6) is 0.341. The van der Waals surface area contributed by atoms with Gasteiger partial charge in [0.2, 0.25) is 15.9 Å². The van der Waals surface area contributed by atoms with Crippen LogP contribution in [-0.4, -0.2) is 69.3 Å². The SMILES string of the molecule is O=C(NCC1CCCN(S(=O)(=O)CC2CCCO2)C1)C1CCCN1. The maximum atomic E-state index is 12.6. The van der Waals surface area contributed by atoms with Gasteiger partial charge in [0.1, 0.15) is 0 Å². The van der Waals surface area contributed by atoms with Crippen molar-refractivity contribution in [3.05, 3.63) is 0 Å². The van der Waals surface area contributed by atoms with Gasteiger partial charge in [-0.25, -0.2) is 12.7 Å². The van der Waals surface area contributed by atoms with Gasteiger partial charge < -0.3 is 15.4 Å². The summed E-state index contributed by atoms with van der Waals surface area (Å²) in [6, 6.07) is -0.0760. The molecule has 138 valence electrons. The number of nitrogens with one attached hydrogen (secondary N) is 2. The zero-order valence-corrected chi connectivity index (χ0v) is 15.0. The zero-order valence-electron chi connectivity index (χ0n) is 14.2. The second-order valence-electron chi connectivity index (χ2n) is 7.17. The molecule has 0 aromatic rings. The Bertz CT molecular complexity index is 527. The van der Waals surface area contributed by atoms with Crippen LogP contribution in [0.1, 0.15) is 38.5 Å². The summed E-state index contributed by atoms with van der Waals surface area (Å²) in [4.78, 5) is 12.1. The minimum atomic E-state index is -3.27. The van der Waals surface area contributed by atoms with E-state index in [1.54, 1.807) is 4.31 Å². The van der Waals surface area contributed by atoms with Crippen LogP contribution in [0.25, 0.3) is 0 Å². The van der Waals surface area contributed by atoms with Crippen molar-refractivity contribution in [1.82, 2.24) is 14.9 Å². The van der Waals surface area contributed by atoms with E-state index in [-0.39, 0.29) is 29.7 Å². The molecule has 3 rings (SSSR count). The van der Waals surface area contributed by atoms with E-state index in [1.165, 1.54) is 0 Å². The molecule has 3 aliphatic heterocycles. The van der Waals surface area contributed by atoms with Crippen molar-refractivity contribution >= 4 is 15.9 Å². The van der Waals surface area contributed by atoms with E-state index in [4.69, 9.17) is 4.74 Å². The van der Waals surface area contributed by atoms with Gasteiger partial charge in [0.05, 0.1) is 17.9 Å². The molecule has 7 nitrogen and oxygen atoms in total. The monoisotopic (exact) mass is 359 g/mol. The molecular formula is C16H29N3O4S. The minimum absolute atomic E-state index is 0.0480. The molecule has 3 aliphatic rings. The third-order valence-electron chi connectivity index (χ3n) is 5.24. The lowest BCUT2D eigenvalue weighted by Gasteiger charge is -2.32. The van der Waals surface area contributed by atoms with Crippen LogP contribution in [0.2, 0.25) is 0 Å². The molecule has 0 bridgehead atoms. The molecule has 3 saturated heterocycles. The maximum Gasteiger partial charge on any atom is 0.237 e. The molecule has 3 fully saturated rings. The smallest absolute Gasteiger partial charge is 0.237 e. The number of hydrogen-bond donors (Lipinski definition) is 2. The number of sulfonamides is 1. The van der Waals surface area contributed by atoms with E-state index >= 15 is 0 Å². The van der Waals surface area contributed by atoms with Crippen molar-refractivity contribution in [2.45, 2.75) is 50.7 Å². The summed E-state index contributed by atoms with van der Waals surface area (Å²) in [5, 5.41) is 6.18. The molecule has 0 aliphatic carbocycles. The zero-order chi connectivity index (χ0) is 17.0. The molecule has 8 heteroatoms. The van der Waals surface area contributed by atoms with Crippen molar-refractivity contribution < 1.29 is 17.9 Å². The molecule has 3 heterocycles. The predicted molar refractivity (Wildman–Crippen MR) is 91.1 cm³/mol. The average Bonchev–Trinajstić information content (AvgIpc) is 3.26. The van der Waals surface area contributed by atoms with Crippen molar-refractivity contribution in [2.75, 3.05) is 38.5 Å². The van der Waals surface area contributed by atoms with Gasteiger partial charge in [-0.3, -0.25) is 4.79 Å². The number of carbonyl (C=O) groups excluding carboxylic acids is 1. The van der Waals surface area contributed by atoms with E-state index in [2.05, 4.69) is 10.6 Å². The van der Waals surface area contributed by atoms with Crippen LogP contribution in [0.4, 0.5) is 0 Å². The topological polar surface area (TPSA) is 87.7 Å². The number of ether oxygens (including phenoxy) is 1. The molecule has 1 amide bonds. The molecule has 0 aromatic heterocycles. The highest BCUT2D eigenvalue weighted by atomic mass is 32.2. The van der Waals surface area contributed by atoms with Crippen LogP contribution >= 0.6 is 0 Å². The largest absolute Gasteiger partial charge is 0.377 e. The first-order valence-corrected chi connectivity index (χ1v) is 10.8. The van der Waals surface area contributed by atoms with Crippen LogP contribution < -0.4 is 10.6 Å². The number of hydrogen-bond acceptors (Lipinski definition) is 5. The fraction of sp³-hybridized carbons (Fsp3) is 0.938. The molecule has 3 unspecified atom stereocenters.